The highest BCUT2D eigenvalue weighted by Gasteiger charge is 2.52. The largest absolute Gasteiger partial charge is 0.496 e. The molecule has 47 heavy (non-hydrogen) atoms. The number of likely N-dealkylation sites (tertiary alicyclic amines) is 1. The van der Waals surface area contributed by atoms with Crippen molar-refractivity contribution in [2.75, 3.05) is 13.7 Å². The van der Waals surface area contributed by atoms with Crippen LogP contribution in [-0.2, 0) is 25.4 Å². The van der Waals surface area contributed by atoms with E-state index in [1.165, 1.54) is 0 Å². The van der Waals surface area contributed by atoms with Crippen LogP contribution < -0.4 is 15.5 Å². The summed E-state index contributed by atoms with van der Waals surface area (Å²) in [5.41, 5.74) is 2.62. The molecule has 250 valence electrons. The number of benzene rings is 2. The van der Waals surface area contributed by atoms with E-state index in [1.54, 1.807) is 32.8 Å². The molecule has 2 fully saturated rings. The number of nitrogens with zero attached hydrogens (tertiary/aromatic N) is 2. The van der Waals surface area contributed by atoms with Gasteiger partial charge in [-0.1, -0.05) is 59.6 Å². The number of rotatable bonds is 8. The number of halogens is 2. The lowest BCUT2D eigenvalue weighted by Crippen LogP contribution is -2.43. The highest BCUT2D eigenvalue weighted by molar-refractivity contribution is 6.66. The molecule has 0 spiro atoms. The van der Waals surface area contributed by atoms with Gasteiger partial charge in [-0.2, -0.15) is 0 Å². The van der Waals surface area contributed by atoms with Gasteiger partial charge in [0, 0.05) is 45.7 Å². The molecule has 1 atom stereocenters. The molecule has 0 bridgehead atoms. The summed E-state index contributed by atoms with van der Waals surface area (Å²) in [6.45, 7) is 14.0. The number of amides is 2. The van der Waals surface area contributed by atoms with Crippen LogP contribution in [0.1, 0.15) is 66.9 Å². The molecular weight excluding hydrogens is 640 g/mol. The number of aromatic nitrogens is 1. The van der Waals surface area contributed by atoms with Crippen LogP contribution in [0.25, 0.3) is 22.4 Å². The molecule has 2 saturated heterocycles. The fourth-order valence-electron chi connectivity index (χ4n) is 5.69. The summed E-state index contributed by atoms with van der Waals surface area (Å²) < 4.78 is 23.6. The van der Waals surface area contributed by atoms with Gasteiger partial charge in [0.05, 0.1) is 41.6 Å². The summed E-state index contributed by atoms with van der Waals surface area (Å²) in [5.74, 6) is 0.380. The highest BCUT2D eigenvalue weighted by atomic mass is 35.5. The summed E-state index contributed by atoms with van der Waals surface area (Å²) in [7, 11) is 0.921. The first-order chi connectivity index (χ1) is 22.0. The maximum atomic E-state index is 12.8. The first kappa shape index (κ1) is 35.0. The van der Waals surface area contributed by atoms with Gasteiger partial charge in [0.25, 0.3) is 0 Å². The Kier molecular flexibility index (Phi) is 9.91. The SMILES string of the molecule is COc1nc(-c2cccc(-c3cccc(B4OC(C)(C)C(C)(C)O4)c3Cl)c2Cl)ccc1CN1C(=O)CC[C@H]1CNC(=O)OC(C)(C)C. The van der Waals surface area contributed by atoms with E-state index in [4.69, 9.17) is 47.0 Å². The van der Waals surface area contributed by atoms with Crippen LogP contribution in [0.2, 0.25) is 10.0 Å². The van der Waals surface area contributed by atoms with Crippen molar-refractivity contribution in [2.24, 2.45) is 0 Å². The van der Waals surface area contributed by atoms with Crippen molar-refractivity contribution in [3.05, 3.63) is 64.1 Å². The highest BCUT2D eigenvalue weighted by Crippen LogP contribution is 2.41. The number of nitrogens with one attached hydrogen (secondary N) is 1. The summed E-state index contributed by atoms with van der Waals surface area (Å²) in [6, 6.07) is 15.0. The zero-order valence-corrected chi connectivity index (χ0v) is 29.7. The second-order valence-corrected chi connectivity index (χ2v) is 14.7. The Balaban J connectivity index is 1.38. The van der Waals surface area contributed by atoms with Crippen LogP contribution in [-0.4, -0.2) is 65.5 Å². The zero-order chi connectivity index (χ0) is 34.3. The molecule has 12 heteroatoms. The molecule has 2 aliphatic rings. The number of carbonyl (C=O) groups is 2. The molecular formula is C35H42BCl2N3O6. The minimum Gasteiger partial charge on any atom is -0.481 e. The summed E-state index contributed by atoms with van der Waals surface area (Å²) >= 11 is 14.1. The Morgan fingerprint density at radius 2 is 1.62 bits per heavy atom. The molecule has 2 aromatic carbocycles. The summed E-state index contributed by atoms with van der Waals surface area (Å²) in [5, 5.41) is 3.77. The van der Waals surface area contributed by atoms with Gasteiger partial charge in [0.2, 0.25) is 11.8 Å². The molecule has 0 radical (unpaired) electrons. The molecule has 2 aliphatic heterocycles. The van der Waals surface area contributed by atoms with Crippen LogP contribution in [0.15, 0.2) is 48.5 Å². The van der Waals surface area contributed by atoms with Gasteiger partial charge in [-0.15, -0.1) is 0 Å². The predicted octanol–water partition coefficient (Wildman–Crippen LogP) is 7.05. The predicted molar refractivity (Wildman–Crippen MR) is 185 cm³/mol. The van der Waals surface area contributed by atoms with Crippen molar-refractivity contribution in [3.8, 4) is 28.3 Å². The lowest BCUT2D eigenvalue weighted by Gasteiger charge is -2.32. The third-order valence-electron chi connectivity index (χ3n) is 8.91. The summed E-state index contributed by atoms with van der Waals surface area (Å²) in [4.78, 5) is 31.6. The molecule has 1 aromatic heterocycles. The molecule has 1 N–H and O–H groups in total. The van der Waals surface area contributed by atoms with Gasteiger partial charge >= 0.3 is 13.2 Å². The molecule has 0 saturated carbocycles. The van der Waals surface area contributed by atoms with E-state index in [2.05, 4.69) is 5.32 Å². The Bertz CT molecular complexity index is 1660. The number of hydrogen-bond donors (Lipinski definition) is 1. The normalized spacial score (nSPS) is 18.9. The third kappa shape index (κ3) is 7.41. The Labute approximate surface area is 287 Å². The number of hydrogen-bond acceptors (Lipinski definition) is 7. The van der Waals surface area contributed by atoms with Gasteiger partial charge in [0.1, 0.15) is 5.60 Å². The van der Waals surface area contributed by atoms with Crippen LogP contribution in [0, 0.1) is 0 Å². The van der Waals surface area contributed by atoms with Crippen LogP contribution >= 0.6 is 23.2 Å². The molecule has 5 rings (SSSR count). The van der Waals surface area contributed by atoms with E-state index in [0.29, 0.717) is 40.0 Å². The average Bonchev–Trinajstić information content (AvgIpc) is 3.44. The van der Waals surface area contributed by atoms with Crippen molar-refractivity contribution >= 4 is 47.8 Å². The van der Waals surface area contributed by atoms with E-state index in [1.807, 2.05) is 76.2 Å². The fourth-order valence-corrected chi connectivity index (χ4v) is 6.33. The van der Waals surface area contributed by atoms with Crippen molar-refractivity contribution in [1.29, 1.82) is 0 Å². The van der Waals surface area contributed by atoms with Crippen LogP contribution in [0.4, 0.5) is 4.79 Å². The standard InChI is InChI=1S/C35H42BCl2N3O6/c1-33(2,3)45-32(43)39-19-22-16-18-28(42)41(22)20-21-15-17-27(40-31(21)44-8)25-13-9-11-23(29(25)37)24-12-10-14-26(30(24)38)36-46-34(4,5)35(6,7)47-36/h9-15,17,22H,16,18-20H2,1-8H3,(H,39,43)/t22-/m0/s1. The molecule has 2 amide bonds. The first-order valence-electron chi connectivity index (χ1n) is 15.7. The molecule has 0 unspecified atom stereocenters. The fraction of sp³-hybridized carbons (Fsp3) is 0.457. The number of carbonyl (C=O) groups excluding carboxylic acids is 2. The number of methoxy groups -OCH3 is 1. The van der Waals surface area contributed by atoms with Gasteiger partial charge < -0.3 is 29.0 Å². The molecule has 3 aromatic rings. The molecule has 3 heterocycles. The maximum absolute atomic E-state index is 12.8. The van der Waals surface area contributed by atoms with Gasteiger partial charge in [-0.05, 0) is 67.0 Å². The van der Waals surface area contributed by atoms with E-state index in [0.717, 1.165) is 22.2 Å². The minimum atomic E-state index is -0.622. The monoisotopic (exact) mass is 681 g/mol. The average molecular weight is 682 g/mol. The van der Waals surface area contributed by atoms with E-state index in [9.17, 15) is 9.59 Å². The van der Waals surface area contributed by atoms with Gasteiger partial charge in [-0.3, -0.25) is 4.79 Å². The van der Waals surface area contributed by atoms with Gasteiger partial charge in [-0.25, -0.2) is 9.78 Å². The lowest BCUT2D eigenvalue weighted by atomic mass is 9.77. The van der Waals surface area contributed by atoms with E-state index in [-0.39, 0.29) is 25.0 Å². The Morgan fingerprint density at radius 3 is 2.26 bits per heavy atom. The second kappa shape index (κ2) is 13.3. The number of alkyl carbamates (subject to hydrolysis) is 1. The maximum Gasteiger partial charge on any atom is 0.496 e. The number of pyridine rings is 1. The quantitative estimate of drug-likeness (QED) is 0.255. The van der Waals surface area contributed by atoms with E-state index < -0.39 is 30.0 Å². The minimum absolute atomic E-state index is 0.00232. The van der Waals surface area contributed by atoms with Crippen LogP contribution in [0.3, 0.4) is 0 Å². The smallest absolute Gasteiger partial charge is 0.481 e. The first-order valence-corrected chi connectivity index (χ1v) is 16.5. The number of ether oxygens (including phenoxy) is 2. The lowest BCUT2D eigenvalue weighted by molar-refractivity contribution is -0.129. The van der Waals surface area contributed by atoms with Crippen LogP contribution in [0.5, 0.6) is 5.88 Å². The topological polar surface area (TPSA) is 99.2 Å². The van der Waals surface area contributed by atoms with Crippen molar-refractivity contribution in [3.63, 3.8) is 0 Å². The van der Waals surface area contributed by atoms with Crippen molar-refractivity contribution < 1.29 is 28.4 Å². The molecule has 9 nitrogen and oxygen atoms in total. The Hall–Kier alpha value is -3.31. The Morgan fingerprint density at radius 1 is 1.00 bits per heavy atom. The molecule has 0 aliphatic carbocycles. The van der Waals surface area contributed by atoms with Crippen molar-refractivity contribution in [2.45, 2.75) is 90.7 Å². The van der Waals surface area contributed by atoms with Crippen molar-refractivity contribution in [1.82, 2.24) is 15.2 Å². The third-order valence-corrected chi connectivity index (χ3v) is 9.74. The zero-order valence-electron chi connectivity index (χ0n) is 28.2. The van der Waals surface area contributed by atoms with Gasteiger partial charge in [0.15, 0.2) is 0 Å². The second-order valence-electron chi connectivity index (χ2n) is 13.9. The summed E-state index contributed by atoms with van der Waals surface area (Å²) in [6.07, 6.45) is 0.513. The van der Waals surface area contributed by atoms with E-state index >= 15 is 0 Å².